The molecule has 1 aliphatic heterocycles. The van der Waals surface area contributed by atoms with Crippen LogP contribution in [0.2, 0.25) is 0 Å². The maximum atomic E-state index is 8.80. The molecule has 0 spiro atoms. The molecule has 2 N–H and O–H groups in total. The van der Waals surface area contributed by atoms with E-state index >= 15 is 0 Å². The van der Waals surface area contributed by atoms with E-state index in [9.17, 15) is 0 Å². The number of aromatic amines is 1. The molecule has 1 aromatic heterocycles. The van der Waals surface area contributed by atoms with Crippen molar-refractivity contribution in [3.05, 3.63) is 29.8 Å². The minimum Gasteiger partial charge on any atom is -0.338 e. The lowest BCUT2D eigenvalue weighted by molar-refractivity contribution is 0.724. The molecule has 20 heavy (non-hydrogen) atoms. The van der Waals surface area contributed by atoms with Crippen molar-refractivity contribution in [1.82, 2.24) is 20.5 Å². The third-order valence-electron chi connectivity index (χ3n) is 3.38. The lowest BCUT2D eigenvalue weighted by atomic mass is 10.1. The van der Waals surface area contributed by atoms with Gasteiger partial charge in [0.25, 0.3) is 0 Å². The summed E-state index contributed by atoms with van der Waals surface area (Å²) in [6.07, 6.45) is 1.10. The quantitative estimate of drug-likeness (QED) is 0.853. The minimum atomic E-state index is 0.645. The van der Waals surface area contributed by atoms with Gasteiger partial charge in [-0.1, -0.05) is 0 Å². The molecule has 6 heteroatoms. The smallest absolute Gasteiger partial charge is 0.245 e. The van der Waals surface area contributed by atoms with Crippen molar-refractivity contribution in [3.8, 4) is 17.5 Å². The molecule has 0 radical (unpaired) electrons. The van der Waals surface area contributed by atoms with Crippen LogP contribution in [0.3, 0.4) is 0 Å². The summed E-state index contributed by atoms with van der Waals surface area (Å²) in [4.78, 5) is 6.73. The summed E-state index contributed by atoms with van der Waals surface area (Å²) in [5.41, 5.74) is 1.59. The number of aromatic nitrogens is 3. The van der Waals surface area contributed by atoms with Gasteiger partial charge >= 0.3 is 0 Å². The zero-order valence-electron chi connectivity index (χ0n) is 11.1. The lowest BCUT2D eigenvalue weighted by Crippen LogP contribution is -2.28. The summed E-state index contributed by atoms with van der Waals surface area (Å²) in [5.74, 6) is 1.48. The van der Waals surface area contributed by atoms with Crippen molar-refractivity contribution in [3.63, 3.8) is 0 Å². The van der Waals surface area contributed by atoms with E-state index in [2.05, 4.69) is 31.5 Å². The first-order valence-electron chi connectivity index (χ1n) is 6.75. The highest BCUT2D eigenvalue weighted by molar-refractivity contribution is 5.57. The first kappa shape index (κ1) is 12.6. The average Bonchev–Trinajstić information content (AvgIpc) is 2.83. The van der Waals surface area contributed by atoms with Gasteiger partial charge in [-0.2, -0.15) is 10.2 Å². The Morgan fingerprint density at radius 2 is 2.00 bits per heavy atom. The predicted octanol–water partition coefficient (Wildman–Crippen LogP) is 1.14. The molecule has 0 amide bonds. The van der Waals surface area contributed by atoms with Gasteiger partial charge in [-0.15, -0.1) is 5.10 Å². The Morgan fingerprint density at radius 1 is 1.15 bits per heavy atom. The summed E-state index contributed by atoms with van der Waals surface area (Å²) >= 11 is 0. The first-order valence-corrected chi connectivity index (χ1v) is 6.75. The summed E-state index contributed by atoms with van der Waals surface area (Å²) in [7, 11) is 0. The fourth-order valence-corrected chi connectivity index (χ4v) is 2.27. The van der Waals surface area contributed by atoms with E-state index in [0.29, 0.717) is 5.56 Å². The van der Waals surface area contributed by atoms with Crippen molar-refractivity contribution in [2.45, 2.75) is 6.42 Å². The molecule has 0 unspecified atom stereocenters. The highest BCUT2D eigenvalue weighted by Crippen LogP contribution is 2.18. The molecule has 3 rings (SSSR count). The summed E-state index contributed by atoms with van der Waals surface area (Å²) < 4.78 is 0. The number of H-pyrrole nitrogens is 1. The molecule has 1 fully saturated rings. The predicted molar refractivity (Wildman–Crippen MR) is 76.2 cm³/mol. The average molecular weight is 268 g/mol. The van der Waals surface area contributed by atoms with Crippen LogP contribution < -0.4 is 10.2 Å². The molecule has 6 nitrogen and oxygen atoms in total. The molecule has 102 valence electrons. The largest absolute Gasteiger partial charge is 0.338 e. The molecule has 1 aliphatic rings. The molecular formula is C14H16N6. The Kier molecular flexibility index (Phi) is 3.61. The van der Waals surface area contributed by atoms with Crippen molar-refractivity contribution < 1.29 is 0 Å². The Bertz CT molecular complexity index is 601. The molecule has 0 bridgehead atoms. The van der Waals surface area contributed by atoms with Gasteiger partial charge < -0.3 is 10.2 Å². The van der Waals surface area contributed by atoms with Gasteiger partial charge in [-0.25, -0.2) is 0 Å². The number of nitrogens with one attached hydrogen (secondary N) is 2. The third-order valence-corrected chi connectivity index (χ3v) is 3.38. The Balaban J connectivity index is 1.80. The molecule has 2 aromatic rings. The monoisotopic (exact) mass is 268 g/mol. The van der Waals surface area contributed by atoms with Crippen molar-refractivity contribution in [2.24, 2.45) is 0 Å². The van der Waals surface area contributed by atoms with E-state index < -0.39 is 0 Å². The van der Waals surface area contributed by atoms with Gasteiger partial charge in [0.2, 0.25) is 5.95 Å². The molecule has 2 heterocycles. The number of nitrogens with zero attached hydrogens (tertiary/aromatic N) is 4. The second kappa shape index (κ2) is 5.72. The molecule has 1 aromatic carbocycles. The molecular weight excluding hydrogens is 252 g/mol. The minimum absolute atomic E-state index is 0.645. The van der Waals surface area contributed by atoms with Crippen LogP contribution in [-0.2, 0) is 0 Å². The maximum Gasteiger partial charge on any atom is 0.245 e. The van der Waals surface area contributed by atoms with Crippen LogP contribution in [0, 0.1) is 11.3 Å². The molecule has 1 saturated heterocycles. The highest BCUT2D eigenvalue weighted by Gasteiger charge is 2.14. The van der Waals surface area contributed by atoms with Crippen molar-refractivity contribution in [2.75, 3.05) is 31.1 Å². The van der Waals surface area contributed by atoms with Crippen LogP contribution in [-0.4, -0.2) is 41.4 Å². The number of hydrogen-bond donors (Lipinski definition) is 2. The Hall–Kier alpha value is -2.39. The van der Waals surface area contributed by atoms with Crippen LogP contribution >= 0.6 is 0 Å². The summed E-state index contributed by atoms with van der Waals surface area (Å²) in [6.45, 7) is 3.90. The van der Waals surface area contributed by atoms with Gasteiger partial charge in [0.05, 0.1) is 11.6 Å². The van der Waals surface area contributed by atoms with Crippen LogP contribution in [0.4, 0.5) is 5.95 Å². The first-order chi connectivity index (χ1) is 9.86. The van der Waals surface area contributed by atoms with Crippen LogP contribution in [0.5, 0.6) is 0 Å². The van der Waals surface area contributed by atoms with E-state index in [1.807, 2.05) is 12.1 Å². The number of nitriles is 1. The van der Waals surface area contributed by atoms with Crippen LogP contribution in [0.1, 0.15) is 12.0 Å². The van der Waals surface area contributed by atoms with Gasteiger partial charge in [0, 0.05) is 25.2 Å². The van der Waals surface area contributed by atoms with Crippen LogP contribution in [0.25, 0.3) is 11.4 Å². The van der Waals surface area contributed by atoms with E-state index in [1.54, 1.807) is 12.1 Å². The van der Waals surface area contributed by atoms with E-state index in [1.165, 1.54) is 0 Å². The van der Waals surface area contributed by atoms with Gasteiger partial charge in [0.15, 0.2) is 5.82 Å². The van der Waals surface area contributed by atoms with Crippen LogP contribution in [0.15, 0.2) is 24.3 Å². The fraction of sp³-hybridized carbons (Fsp3) is 0.357. The normalized spacial score (nSPS) is 15.7. The van der Waals surface area contributed by atoms with E-state index in [0.717, 1.165) is 49.9 Å². The number of anilines is 1. The summed E-state index contributed by atoms with van der Waals surface area (Å²) in [5, 5.41) is 19.4. The van der Waals surface area contributed by atoms with Gasteiger partial charge in [-0.3, -0.25) is 5.10 Å². The highest BCUT2D eigenvalue weighted by atomic mass is 15.4. The second-order valence-corrected chi connectivity index (χ2v) is 4.76. The SMILES string of the molecule is N#Cc1ccc(-c2nc(N3CCCNCC3)n[nH]2)cc1. The van der Waals surface area contributed by atoms with E-state index in [4.69, 9.17) is 5.26 Å². The molecule has 0 aliphatic carbocycles. The number of hydrogen-bond acceptors (Lipinski definition) is 5. The number of benzene rings is 1. The molecule has 0 saturated carbocycles. The number of rotatable bonds is 2. The Labute approximate surface area is 117 Å². The van der Waals surface area contributed by atoms with Crippen molar-refractivity contribution in [1.29, 1.82) is 5.26 Å². The van der Waals surface area contributed by atoms with Gasteiger partial charge in [0.1, 0.15) is 0 Å². The maximum absolute atomic E-state index is 8.80. The lowest BCUT2D eigenvalue weighted by Gasteiger charge is -2.16. The van der Waals surface area contributed by atoms with E-state index in [-0.39, 0.29) is 0 Å². The third kappa shape index (κ3) is 2.63. The fourth-order valence-electron chi connectivity index (χ4n) is 2.27. The van der Waals surface area contributed by atoms with Gasteiger partial charge in [-0.05, 0) is 37.2 Å². The summed E-state index contributed by atoms with van der Waals surface area (Å²) in [6, 6.07) is 9.44. The zero-order valence-corrected chi connectivity index (χ0v) is 11.1. The Morgan fingerprint density at radius 3 is 2.80 bits per heavy atom. The molecule has 0 atom stereocenters. The standard InChI is InChI=1S/C14H16N6/c15-10-11-2-4-12(5-3-11)13-17-14(19-18-13)20-8-1-6-16-7-9-20/h2-5,16H,1,6-9H2,(H,17,18,19). The second-order valence-electron chi connectivity index (χ2n) is 4.76. The van der Waals surface area contributed by atoms with Crippen molar-refractivity contribution >= 4 is 5.95 Å². The zero-order chi connectivity index (χ0) is 13.8. The topological polar surface area (TPSA) is 80.6 Å².